The smallest absolute Gasteiger partial charge is 0.306 e. The van der Waals surface area contributed by atoms with E-state index in [1.54, 1.807) is 0 Å². The lowest BCUT2D eigenvalue weighted by molar-refractivity contribution is -0.142. The summed E-state index contributed by atoms with van der Waals surface area (Å²) in [4.78, 5) is 10.4. The van der Waals surface area contributed by atoms with Gasteiger partial charge in [0.2, 0.25) is 0 Å². The van der Waals surface area contributed by atoms with Crippen LogP contribution in [0.1, 0.15) is 81.1 Å². The lowest BCUT2D eigenvalue weighted by Gasteiger charge is -2.30. The van der Waals surface area contributed by atoms with Gasteiger partial charge in [-0.1, -0.05) is 26.7 Å². The Hall–Kier alpha value is -0.570. The second-order valence-corrected chi connectivity index (χ2v) is 6.91. The molecule has 0 heterocycles. The molecule has 0 aromatic rings. The zero-order valence-electron chi connectivity index (χ0n) is 14.2. The number of carboxylic acids is 1. The predicted octanol–water partition coefficient (Wildman–Crippen LogP) is 4.89. The highest BCUT2D eigenvalue weighted by molar-refractivity contribution is 5.69. The number of unbranched alkanes of at least 4 members (excludes halogenated alkanes) is 1. The molecule has 0 aliphatic heterocycles. The van der Waals surface area contributed by atoms with Gasteiger partial charge in [0.1, 0.15) is 0 Å². The first-order valence-electron chi connectivity index (χ1n) is 7.36. The molecule has 3 heteroatoms. The van der Waals surface area contributed by atoms with E-state index in [9.17, 15) is 4.79 Å². The molecule has 0 aromatic carbocycles. The van der Waals surface area contributed by atoms with Crippen molar-refractivity contribution in [2.75, 3.05) is 0 Å². The average Bonchev–Trinajstić information content (AvgIpc) is 2.13. The van der Waals surface area contributed by atoms with E-state index in [2.05, 4.69) is 48.5 Å². The van der Waals surface area contributed by atoms with E-state index in [0.29, 0.717) is 0 Å². The molecule has 0 rings (SSSR count). The van der Waals surface area contributed by atoms with Crippen molar-refractivity contribution in [3.05, 3.63) is 0 Å². The van der Waals surface area contributed by atoms with Gasteiger partial charge < -0.3 is 9.84 Å². The molecule has 0 aliphatic carbocycles. The average molecular weight is 274 g/mol. The molecule has 0 aliphatic rings. The highest BCUT2D eigenvalue weighted by atomic mass is 16.5. The van der Waals surface area contributed by atoms with Crippen LogP contribution in [0, 0.1) is 5.92 Å². The van der Waals surface area contributed by atoms with Crippen LogP contribution in [-0.2, 0) is 9.53 Å². The normalized spacial score (nSPS) is 13.5. The van der Waals surface area contributed by atoms with Crippen molar-refractivity contribution >= 4 is 5.97 Å². The first-order chi connectivity index (χ1) is 8.43. The number of hydrogen-bond acceptors (Lipinski definition) is 2. The van der Waals surface area contributed by atoms with Crippen LogP contribution >= 0.6 is 0 Å². The first kappa shape index (κ1) is 20.7. The Morgan fingerprint density at radius 1 is 1.05 bits per heavy atom. The minimum atomic E-state index is -0.643. The minimum Gasteiger partial charge on any atom is -0.481 e. The standard InChI is InChI=1S/C8H16O2.C8H18O/c1-3-5-6-7(4-2)8(9)10;1-7(2,3)9-8(4,5)6/h7H,3-6H2,1-2H3,(H,9,10);1-6H3. The molecule has 0 amide bonds. The monoisotopic (exact) mass is 274 g/mol. The molecule has 116 valence electrons. The number of carbonyl (C=O) groups is 1. The molecule has 0 saturated heterocycles. The Balaban J connectivity index is 0. The maximum atomic E-state index is 10.4. The summed E-state index contributed by atoms with van der Waals surface area (Å²) in [5.74, 6) is -0.754. The molecule has 0 spiro atoms. The van der Waals surface area contributed by atoms with E-state index in [1.807, 2.05) is 6.92 Å². The molecule has 0 radical (unpaired) electrons. The van der Waals surface area contributed by atoms with Crippen LogP contribution in [0.2, 0.25) is 0 Å². The molecule has 0 saturated carbocycles. The van der Waals surface area contributed by atoms with E-state index in [1.165, 1.54) is 0 Å². The molecule has 1 atom stereocenters. The van der Waals surface area contributed by atoms with Crippen molar-refractivity contribution in [1.82, 2.24) is 0 Å². The van der Waals surface area contributed by atoms with E-state index in [4.69, 9.17) is 9.84 Å². The van der Waals surface area contributed by atoms with Crippen LogP contribution < -0.4 is 0 Å². The van der Waals surface area contributed by atoms with Gasteiger partial charge in [0, 0.05) is 0 Å². The van der Waals surface area contributed by atoms with E-state index in [0.717, 1.165) is 25.7 Å². The third kappa shape index (κ3) is 17.4. The zero-order chi connectivity index (χ0) is 15.7. The van der Waals surface area contributed by atoms with E-state index < -0.39 is 5.97 Å². The van der Waals surface area contributed by atoms with E-state index in [-0.39, 0.29) is 17.1 Å². The van der Waals surface area contributed by atoms with Crippen molar-refractivity contribution in [3.8, 4) is 0 Å². The molecular formula is C16H34O3. The summed E-state index contributed by atoms with van der Waals surface area (Å²) in [6, 6.07) is 0. The number of ether oxygens (including phenoxy) is 1. The van der Waals surface area contributed by atoms with Crippen molar-refractivity contribution in [2.45, 2.75) is 92.3 Å². The highest BCUT2D eigenvalue weighted by Gasteiger charge is 2.20. The van der Waals surface area contributed by atoms with Crippen LogP contribution in [0.4, 0.5) is 0 Å². The Morgan fingerprint density at radius 2 is 1.47 bits per heavy atom. The third-order valence-corrected chi connectivity index (χ3v) is 2.36. The Morgan fingerprint density at radius 3 is 1.63 bits per heavy atom. The Bertz CT molecular complexity index is 221. The fourth-order valence-corrected chi connectivity index (χ4v) is 1.87. The molecular weight excluding hydrogens is 240 g/mol. The molecule has 1 N–H and O–H groups in total. The number of rotatable bonds is 5. The quantitative estimate of drug-likeness (QED) is 0.776. The summed E-state index contributed by atoms with van der Waals surface area (Å²) in [7, 11) is 0. The first-order valence-corrected chi connectivity index (χ1v) is 7.36. The summed E-state index contributed by atoms with van der Waals surface area (Å²) < 4.78 is 5.62. The SMILES string of the molecule is CC(C)(C)OC(C)(C)C.CCCCC(CC)C(=O)O. The maximum Gasteiger partial charge on any atom is 0.306 e. The summed E-state index contributed by atoms with van der Waals surface area (Å²) in [5.41, 5.74) is -0.0312. The second kappa shape index (κ2) is 9.35. The topological polar surface area (TPSA) is 46.5 Å². The van der Waals surface area contributed by atoms with Crippen LogP contribution in [0.15, 0.2) is 0 Å². The van der Waals surface area contributed by atoms with Gasteiger partial charge in [0.05, 0.1) is 17.1 Å². The minimum absolute atomic E-state index is 0.0156. The van der Waals surface area contributed by atoms with Crippen molar-refractivity contribution in [2.24, 2.45) is 5.92 Å². The third-order valence-electron chi connectivity index (χ3n) is 2.36. The fraction of sp³-hybridized carbons (Fsp3) is 0.938. The summed E-state index contributed by atoms with van der Waals surface area (Å²) in [6.07, 6.45) is 3.71. The molecule has 3 nitrogen and oxygen atoms in total. The molecule has 0 aromatic heterocycles. The van der Waals surface area contributed by atoms with Gasteiger partial charge in [0.25, 0.3) is 0 Å². The predicted molar refractivity (Wildman–Crippen MR) is 81.5 cm³/mol. The highest BCUT2D eigenvalue weighted by Crippen LogP contribution is 2.18. The Labute approximate surface area is 119 Å². The van der Waals surface area contributed by atoms with Crippen molar-refractivity contribution in [3.63, 3.8) is 0 Å². The van der Waals surface area contributed by atoms with Gasteiger partial charge in [-0.15, -0.1) is 0 Å². The van der Waals surface area contributed by atoms with Gasteiger partial charge in [0.15, 0.2) is 0 Å². The van der Waals surface area contributed by atoms with Gasteiger partial charge >= 0.3 is 5.97 Å². The fourth-order valence-electron chi connectivity index (χ4n) is 1.87. The number of hydrogen-bond donors (Lipinski definition) is 1. The molecule has 1 unspecified atom stereocenters. The second-order valence-electron chi connectivity index (χ2n) is 6.91. The summed E-state index contributed by atoms with van der Waals surface area (Å²) >= 11 is 0. The number of carboxylic acid groups (broad SMARTS) is 1. The molecule has 0 bridgehead atoms. The van der Waals surface area contributed by atoms with Gasteiger partial charge in [-0.2, -0.15) is 0 Å². The Kier molecular flexibility index (Phi) is 10.2. The van der Waals surface area contributed by atoms with Crippen molar-refractivity contribution in [1.29, 1.82) is 0 Å². The van der Waals surface area contributed by atoms with Crippen LogP contribution in [0.5, 0.6) is 0 Å². The zero-order valence-corrected chi connectivity index (χ0v) is 14.2. The molecule has 19 heavy (non-hydrogen) atoms. The maximum absolute atomic E-state index is 10.4. The van der Waals surface area contributed by atoms with Crippen LogP contribution in [0.25, 0.3) is 0 Å². The molecule has 0 fully saturated rings. The number of aliphatic carboxylic acids is 1. The van der Waals surface area contributed by atoms with Crippen molar-refractivity contribution < 1.29 is 14.6 Å². The van der Waals surface area contributed by atoms with Gasteiger partial charge in [-0.3, -0.25) is 4.79 Å². The lowest BCUT2D eigenvalue weighted by atomic mass is 10.00. The summed E-state index contributed by atoms with van der Waals surface area (Å²) in [5, 5.41) is 8.60. The van der Waals surface area contributed by atoms with Crippen LogP contribution in [-0.4, -0.2) is 22.3 Å². The summed E-state index contributed by atoms with van der Waals surface area (Å²) in [6.45, 7) is 16.4. The van der Waals surface area contributed by atoms with Gasteiger partial charge in [-0.25, -0.2) is 0 Å². The largest absolute Gasteiger partial charge is 0.481 e. The van der Waals surface area contributed by atoms with Crippen LogP contribution in [0.3, 0.4) is 0 Å². The lowest BCUT2D eigenvalue weighted by Crippen LogP contribution is -2.31. The van der Waals surface area contributed by atoms with E-state index >= 15 is 0 Å². The van der Waals surface area contributed by atoms with Gasteiger partial charge in [-0.05, 0) is 54.4 Å².